The van der Waals surface area contributed by atoms with Crippen LogP contribution in [0.4, 0.5) is 19.0 Å². The Hall–Kier alpha value is -2.28. The molecule has 1 heterocycles. The van der Waals surface area contributed by atoms with Gasteiger partial charge in [-0.05, 0) is 30.2 Å². The first-order chi connectivity index (χ1) is 9.88. The molecule has 3 N–H and O–H groups in total. The van der Waals surface area contributed by atoms with Gasteiger partial charge in [0.15, 0.2) is 0 Å². The maximum absolute atomic E-state index is 12.7. The molecule has 0 aliphatic heterocycles. The van der Waals surface area contributed by atoms with Crippen molar-refractivity contribution in [3.63, 3.8) is 0 Å². The van der Waals surface area contributed by atoms with Gasteiger partial charge < -0.3 is 15.6 Å². The van der Waals surface area contributed by atoms with E-state index in [9.17, 15) is 13.2 Å². The number of halogens is 3. The van der Waals surface area contributed by atoms with Gasteiger partial charge in [0.25, 0.3) is 0 Å². The Kier molecular flexibility index (Phi) is 4.32. The lowest BCUT2D eigenvalue weighted by Gasteiger charge is -2.10. The lowest BCUT2D eigenvalue weighted by molar-refractivity contribution is -0.137. The number of alkyl halides is 3. The van der Waals surface area contributed by atoms with E-state index in [-0.39, 0.29) is 18.3 Å². The van der Waals surface area contributed by atoms with Gasteiger partial charge in [-0.15, -0.1) is 0 Å². The van der Waals surface area contributed by atoms with Crippen molar-refractivity contribution in [2.24, 2.45) is 0 Å². The van der Waals surface area contributed by atoms with E-state index in [1.54, 1.807) is 24.3 Å². The van der Waals surface area contributed by atoms with Gasteiger partial charge >= 0.3 is 6.18 Å². The molecule has 0 atom stereocenters. The highest BCUT2D eigenvalue weighted by molar-refractivity contribution is 5.40. The van der Waals surface area contributed by atoms with Crippen LogP contribution < -0.4 is 10.5 Å². The molecule has 2 rings (SSSR count). The zero-order valence-electron chi connectivity index (χ0n) is 10.9. The van der Waals surface area contributed by atoms with Crippen LogP contribution in [0, 0.1) is 0 Å². The van der Waals surface area contributed by atoms with Crippen LogP contribution >= 0.6 is 0 Å². The lowest BCUT2D eigenvalue weighted by atomic mass is 10.1. The van der Waals surface area contributed by atoms with E-state index in [2.05, 4.69) is 4.98 Å². The normalized spacial score (nSPS) is 11.4. The maximum Gasteiger partial charge on any atom is 0.416 e. The summed E-state index contributed by atoms with van der Waals surface area (Å²) in [5.74, 6) is -0.156. The molecule has 2 aromatic rings. The van der Waals surface area contributed by atoms with Gasteiger partial charge in [0.05, 0.1) is 5.56 Å². The number of hydrogen-bond donors (Lipinski definition) is 2. The van der Waals surface area contributed by atoms with Crippen LogP contribution in [0.1, 0.15) is 11.1 Å². The number of anilines is 1. The Morgan fingerprint density at radius 2 is 1.81 bits per heavy atom. The predicted molar refractivity (Wildman–Crippen MR) is 71.0 cm³/mol. The van der Waals surface area contributed by atoms with Crippen LogP contribution in [-0.4, -0.2) is 16.7 Å². The number of rotatable bonds is 4. The molecule has 1 aromatic carbocycles. The second kappa shape index (κ2) is 6.01. The number of aromatic nitrogens is 1. The summed E-state index contributed by atoms with van der Waals surface area (Å²) in [6.45, 7) is 0.0198. The molecule has 0 spiro atoms. The summed E-state index contributed by atoms with van der Waals surface area (Å²) in [6, 6.07) is 8.13. The van der Waals surface area contributed by atoms with E-state index in [1.807, 2.05) is 0 Å². The zero-order chi connectivity index (χ0) is 15.5. The highest BCUT2D eigenvalue weighted by Gasteiger charge is 2.31. The van der Waals surface area contributed by atoms with E-state index in [1.165, 1.54) is 0 Å². The number of nitrogens with two attached hydrogens (primary N) is 1. The van der Waals surface area contributed by atoms with Gasteiger partial charge in [0.1, 0.15) is 11.6 Å². The Labute approximate surface area is 119 Å². The molecule has 0 fully saturated rings. The van der Waals surface area contributed by atoms with Crippen molar-refractivity contribution in [3.05, 3.63) is 47.5 Å². The first-order valence-electron chi connectivity index (χ1n) is 6.11. The Morgan fingerprint density at radius 3 is 2.38 bits per heavy atom. The molecule has 0 amide bonds. The van der Waals surface area contributed by atoms with Crippen LogP contribution in [0.25, 0.3) is 0 Å². The largest absolute Gasteiger partial charge is 0.439 e. The van der Waals surface area contributed by atoms with Gasteiger partial charge in [0, 0.05) is 12.7 Å². The fourth-order valence-corrected chi connectivity index (χ4v) is 1.72. The third kappa shape index (κ3) is 4.09. The number of aliphatic hydroxyl groups is 1. The summed E-state index contributed by atoms with van der Waals surface area (Å²) >= 11 is 0. The molecule has 0 saturated carbocycles. The van der Waals surface area contributed by atoms with Gasteiger partial charge in [-0.1, -0.05) is 12.1 Å². The van der Waals surface area contributed by atoms with E-state index in [0.717, 1.165) is 17.7 Å². The standard InChI is InChI=1S/C14H13F3N2O2/c15-14(16,17)10-7-12(18)19-13(8-10)21-11-3-1-9(2-4-11)5-6-20/h1-4,7-8,20H,5-6H2,(H2,18,19). The van der Waals surface area contributed by atoms with E-state index in [4.69, 9.17) is 15.6 Å². The summed E-state index contributed by atoms with van der Waals surface area (Å²) in [6.07, 6.45) is -4.02. The number of pyridine rings is 1. The minimum Gasteiger partial charge on any atom is -0.439 e. The van der Waals surface area contributed by atoms with Crippen molar-refractivity contribution in [1.82, 2.24) is 4.98 Å². The van der Waals surface area contributed by atoms with Crippen molar-refractivity contribution < 1.29 is 23.0 Å². The second-order valence-corrected chi connectivity index (χ2v) is 4.34. The molecule has 112 valence electrons. The van der Waals surface area contributed by atoms with Gasteiger partial charge in [-0.2, -0.15) is 18.2 Å². The molecular weight excluding hydrogens is 285 g/mol. The summed E-state index contributed by atoms with van der Waals surface area (Å²) in [7, 11) is 0. The zero-order valence-corrected chi connectivity index (χ0v) is 10.9. The third-order valence-corrected chi connectivity index (χ3v) is 2.70. The quantitative estimate of drug-likeness (QED) is 0.910. The van der Waals surface area contributed by atoms with E-state index < -0.39 is 11.7 Å². The van der Waals surface area contributed by atoms with Crippen LogP contribution in [0.3, 0.4) is 0 Å². The van der Waals surface area contributed by atoms with E-state index >= 15 is 0 Å². The number of benzene rings is 1. The Balaban J connectivity index is 2.21. The molecule has 0 aliphatic rings. The van der Waals surface area contributed by atoms with Crippen molar-refractivity contribution in [2.75, 3.05) is 12.3 Å². The van der Waals surface area contributed by atoms with Crippen LogP contribution in [0.15, 0.2) is 36.4 Å². The van der Waals surface area contributed by atoms with Gasteiger partial charge in [-0.25, -0.2) is 0 Å². The molecule has 7 heteroatoms. The average Bonchev–Trinajstić information content (AvgIpc) is 2.40. The van der Waals surface area contributed by atoms with Crippen LogP contribution in [-0.2, 0) is 12.6 Å². The summed E-state index contributed by atoms with van der Waals surface area (Å²) in [4.78, 5) is 3.72. The summed E-state index contributed by atoms with van der Waals surface area (Å²) in [5, 5.41) is 8.80. The maximum atomic E-state index is 12.7. The molecule has 0 unspecified atom stereocenters. The number of aliphatic hydroxyl groups excluding tert-OH is 1. The fraction of sp³-hybridized carbons (Fsp3) is 0.214. The second-order valence-electron chi connectivity index (χ2n) is 4.34. The molecule has 21 heavy (non-hydrogen) atoms. The van der Waals surface area contributed by atoms with E-state index in [0.29, 0.717) is 12.2 Å². The van der Waals surface area contributed by atoms with Crippen molar-refractivity contribution in [2.45, 2.75) is 12.6 Å². The minimum absolute atomic E-state index is 0.0198. The molecule has 4 nitrogen and oxygen atoms in total. The topological polar surface area (TPSA) is 68.4 Å². The minimum atomic E-state index is -4.51. The number of ether oxygens (including phenoxy) is 1. The smallest absolute Gasteiger partial charge is 0.416 e. The molecular formula is C14H13F3N2O2. The fourth-order valence-electron chi connectivity index (χ4n) is 1.72. The number of hydrogen-bond acceptors (Lipinski definition) is 4. The molecule has 0 radical (unpaired) electrons. The number of nitrogen functional groups attached to an aromatic ring is 1. The summed E-state index contributed by atoms with van der Waals surface area (Å²) in [5.41, 5.74) is 5.33. The van der Waals surface area contributed by atoms with Crippen molar-refractivity contribution >= 4 is 5.82 Å². The lowest BCUT2D eigenvalue weighted by Crippen LogP contribution is -2.07. The first kappa shape index (κ1) is 15.1. The number of nitrogens with zero attached hydrogens (tertiary/aromatic N) is 1. The molecule has 0 aliphatic carbocycles. The van der Waals surface area contributed by atoms with Gasteiger partial charge in [-0.3, -0.25) is 0 Å². The predicted octanol–water partition coefficient (Wildman–Crippen LogP) is 3.01. The summed E-state index contributed by atoms with van der Waals surface area (Å²) < 4.78 is 43.3. The Morgan fingerprint density at radius 1 is 1.14 bits per heavy atom. The average molecular weight is 298 g/mol. The molecule has 0 bridgehead atoms. The monoisotopic (exact) mass is 298 g/mol. The highest BCUT2D eigenvalue weighted by atomic mass is 19.4. The van der Waals surface area contributed by atoms with Crippen LogP contribution in [0.2, 0.25) is 0 Å². The molecule has 0 saturated heterocycles. The first-order valence-corrected chi connectivity index (χ1v) is 6.11. The third-order valence-electron chi connectivity index (χ3n) is 2.70. The van der Waals surface area contributed by atoms with Crippen molar-refractivity contribution in [3.8, 4) is 11.6 Å². The highest BCUT2D eigenvalue weighted by Crippen LogP contribution is 2.33. The Bertz CT molecular complexity index is 613. The van der Waals surface area contributed by atoms with Crippen LogP contribution in [0.5, 0.6) is 11.6 Å². The molecule has 1 aromatic heterocycles. The van der Waals surface area contributed by atoms with Gasteiger partial charge in [0.2, 0.25) is 5.88 Å². The SMILES string of the molecule is Nc1cc(C(F)(F)F)cc(Oc2ccc(CCO)cc2)n1. The van der Waals surface area contributed by atoms with Crippen molar-refractivity contribution in [1.29, 1.82) is 0 Å².